The molecule has 0 spiro atoms. The third-order valence-corrected chi connectivity index (χ3v) is 10.2. The maximum atomic E-state index is 11.8. The monoisotopic (exact) mass is 706 g/mol. The summed E-state index contributed by atoms with van der Waals surface area (Å²) in [5.74, 6) is -1.97. The molecular formula is C46H34N4O4. The lowest BCUT2D eigenvalue weighted by molar-refractivity contribution is 0.0686. The number of carbonyl (C=O) groups is 2. The number of allylic oxidation sites excluding steroid dienone is 2. The van der Waals surface area contributed by atoms with Gasteiger partial charge in [-0.3, -0.25) is 0 Å². The number of hydrogen-bond acceptors (Lipinski definition) is 4. The van der Waals surface area contributed by atoms with Gasteiger partial charge in [0.2, 0.25) is 0 Å². The molecule has 8 nitrogen and oxygen atoms in total. The third-order valence-electron chi connectivity index (χ3n) is 10.2. The van der Waals surface area contributed by atoms with Crippen LogP contribution in [0, 0.1) is 0 Å². The van der Waals surface area contributed by atoms with Crippen molar-refractivity contribution in [3.63, 3.8) is 0 Å². The first-order valence-corrected chi connectivity index (χ1v) is 17.7. The van der Waals surface area contributed by atoms with E-state index in [4.69, 9.17) is 0 Å². The van der Waals surface area contributed by atoms with Crippen molar-refractivity contribution in [2.24, 2.45) is 0 Å². The molecule has 5 heterocycles. The fraction of sp³-hybridized carbons (Fsp3) is 0.0435. The van der Waals surface area contributed by atoms with E-state index in [0.717, 1.165) is 78.0 Å². The summed E-state index contributed by atoms with van der Waals surface area (Å²) in [6, 6.07) is 42.4. The Hall–Kier alpha value is -7.32. The van der Waals surface area contributed by atoms with E-state index in [9.17, 15) is 19.8 Å². The van der Waals surface area contributed by atoms with E-state index >= 15 is 0 Å². The fourth-order valence-electron chi connectivity index (χ4n) is 7.67. The number of H-pyrrole nitrogens is 2. The zero-order valence-corrected chi connectivity index (χ0v) is 28.9. The van der Waals surface area contributed by atoms with E-state index in [1.165, 1.54) is 0 Å². The number of aromatic carboxylic acids is 2. The van der Waals surface area contributed by atoms with Crippen molar-refractivity contribution in [2.75, 3.05) is 0 Å². The first-order chi connectivity index (χ1) is 26.4. The van der Waals surface area contributed by atoms with Crippen LogP contribution in [0.4, 0.5) is 0 Å². The molecule has 9 rings (SSSR count). The molecular weight excluding hydrogens is 673 g/mol. The summed E-state index contributed by atoms with van der Waals surface area (Å²) in [5.41, 5.74) is 11.8. The first-order valence-electron chi connectivity index (χ1n) is 17.7. The van der Waals surface area contributed by atoms with Crippen molar-refractivity contribution in [2.45, 2.75) is 12.1 Å². The Morgan fingerprint density at radius 2 is 0.852 bits per heavy atom. The van der Waals surface area contributed by atoms with Crippen molar-refractivity contribution in [1.29, 1.82) is 0 Å². The number of carboxylic acid groups (broad SMARTS) is 2. The van der Waals surface area contributed by atoms with Crippen molar-refractivity contribution in [3.8, 4) is 0 Å². The summed E-state index contributed by atoms with van der Waals surface area (Å²) in [6.07, 6.45) is 8.51. The van der Waals surface area contributed by atoms with Gasteiger partial charge in [-0.15, -0.1) is 0 Å². The van der Waals surface area contributed by atoms with E-state index in [0.29, 0.717) is 0 Å². The molecule has 54 heavy (non-hydrogen) atoms. The summed E-state index contributed by atoms with van der Waals surface area (Å²) >= 11 is 0. The molecule has 6 N–H and O–H groups in total. The predicted molar refractivity (Wildman–Crippen MR) is 210 cm³/mol. The Morgan fingerprint density at radius 3 is 1.31 bits per heavy atom. The lowest BCUT2D eigenvalue weighted by Gasteiger charge is -2.20. The molecule has 0 fully saturated rings. The van der Waals surface area contributed by atoms with E-state index in [-0.39, 0.29) is 23.2 Å². The number of aromatic amines is 2. The number of hydrogen-bond donors (Lipinski definition) is 6. The topological polar surface area (TPSA) is 130 Å². The highest BCUT2D eigenvalue weighted by atomic mass is 16.4. The molecule has 0 amide bonds. The molecule has 4 aromatic carbocycles. The van der Waals surface area contributed by atoms with Crippen LogP contribution >= 0.6 is 0 Å². The minimum Gasteiger partial charge on any atom is -0.478 e. The maximum absolute atomic E-state index is 11.8. The van der Waals surface area contributed by atoms with Gasteiger partial charge in [0, 0.05) is 55.8 Å². The minimum absolute atomic E-state index is 0.160. The van der Waals surface area contributed by atoms with Gasteiger partial charge in [-0.2, -0.15) is 0 Å². The van der Waals surface area contributed by atoms with Crippen LogP contribution in [-0.2, 0) is 0 Å². The highest BCUT2D eigenvalue weighted by molar-refractivity contribution is 5.91. The molecule has 8 bridgehead atoms. The smallest absolute Gasteiger partial charge is 0.335 e. The van der Waals surface area contributed by atoms with E-state index in [1.807, 2.05) is 60.7 Å². The molecule has 2 aromatic heterocycles. The molecule has 8 heteroatoms. The van der Waals surface area contributed by atoms with Gasteiger partial charge in [0.1, 0.15) is 0 Å². The lowest BCUT2D eigenvalue weighted by Crippen LogP contribution is -2.31. The van der Waals surface area contributed by atoms with Crippen molar-refractivity contribution >= 4 is 34.2 Å². The van der Waals surface area contributed by atoms with E-state index in [2.05, 4.69) is 93.4 Å². The summed E-state index contributed by atoms with van der Waals surface area (Å²) < 4.78 is 0. The highest BCUT2D eigenvalue weighted by Gasteiger charge is 2.27. The Kier molecular flexibility index (Phi) is 8.05. The summed E-state index contributed by atoms with van der Waals surface area (Å²) in [5, 5.41) is 28.8. The van der Waals surface area contributed by atoms with Crippen LogP contribution in [0.25, 0.3) is 22.3 Å². The van der Waals surface area contributed by atoms with Gasteiger partial charge in [0.05, 0.1) is 23.2 Å². The number of nitrogens with one attached hydrogen (secondary N) is 4. The van der Waals surface area contributed by atoms with Crippen molar-refractivity contribution < 1.29 is 19.8 Å². The van der Waals surface area contributed by atoms with Gasteiger partial charge in [-0.25, -0.2) is 9.59 Å². The number of fused-ring (bicyclic) bond motifs is 8. The highest BCUT2D eigenvalue weighted by Crippen LogP contribution is 2.35. The first kappa shape index (κ1) is 32.6. The molecule has 0 radical (unpaired) electrons. The van der Waals surface area contributed by atoms with Gasteiger partial charge < -0.3 is 30.8 Å². The van der Waals surface area contributed by atoms with Crippen LogP contribution in [0.2, 0.25) is 0 Å². The average molecular weight is 707 g/mol. The van der Waals surface area contributed by atoms with Gasteiger partial charge in [0.15, 0.2) is 0 Å². The maximum Gasteiger partial charge on any atom is 0.335 e. The summed E-state index contributed by atoms with van der Waals surface area (Å²) in [7, 11) is 0. The zero-order valence-electron chi connectivity index (χ0n) is 28.9. The zero-order chi connectivity index (χ0) is 36.8. The molecule has 0 saturated heterocycles. The fourth-order valence-corrected chi connectivity index (χ4v) is 7.67. The van der Waals surface area contributed by atoms with Crippen molar-refractivity contribution in [3.05, 3.63) is 225 Å². The third kappa shape index (κ3) is 5.85. The second-order valence-corrected chi connectivity index (χ2v) is 13.4. The quantitative estimate of drug-likeness (QED) is 0.119. The Morgan fingerprint density at radius 1 is 0.444 bits per heavy atom. The number of rotatable bonds is 6. The Bertz CT molecular complexity index is 2700. The van der Waals surface area contributed by atoms with Crippen LogP contribution in [-0.4, -0.2) is 44.2 Å². The largest absolute Gasteiger partial charge is 0.478 e. The van der Waals surface area contributed by atoms with Crippen LogP contribution in [0.5, 0.6) is 0 Å². The minimum atomic E-state index is -0.987. The molecule has 2 atom stereocenters. The number of carboxylic acids is 2. The molecule has 3 aliphatic heterocycles. The van der Waals surface area contributed by atoms with Crippen LogP contribution in [0.3, 0.4) is 0 Å². The van der Waals surface area contributed by atoms with Crippen LogP contribution < -0.4 is 21.3 Å². The SMILES string of the molecule is O=C(O)c1ccc(C2=C3C=CC(N3)C(c3ccc(C(=O)O)cc3)=c3ccc([nH]3)=C(c3ccccc3)C3C=CC(=C(c4ccccc4)c4ccc2[nH]4)N3)cc1. The standard InChI is InChI=1S/C46H34N4O4/c51-45(52)31-15-11-29(12-16-31)43-37-23-21-35(48-37)41(27-7-3-1-4-8-27)33-19-20-34(47-33)42(28-9-5-2-6-10-28)36-22-24-38(49-36)44(40-26-25-39(43)50-40)30-13-17-32(18-14-30)46(53)54/h1-26,33,39,47-50H,(H,51,52)(H,53,54). The Balaban J connectivity index is 1.33. The summed E-state index contributed by atoms with van der Waals surface area (Å²) in [4.78, 5) is 31.1. The lowest BCUT2D eigenvalue weighted by atomic mass is 9.97. The second-order valence-electron chi connectivity index (χ2n) is 13.4. The molecule has 0 saturated carbocycles. The van der Waals surface area contributed by atoms with Gasteiger partial charge >= 0.3 is 11.9 Å². The normalized spacial score (nSPS) is 17.5. The van der Waals surface area contributed by atoms with Gasteiger partial charge in [0.25, 0.3) is 0 Å². The number of benzene rings is 4. The van der Waals surface area contributed by atoms with Crippen molar-refractivity contribution in [1.82, 2.24) is 20.6 Å². The summed E-state index contributed by atoms with van der Waals surface area (Å²) in [6.45, 7) is 0. The molecule has 2 unspecified atom stereocenters. The molecule has 262 valence electrons. The molecule has 3 aliphatic rings. The predicted octanol–water partition coefficient (Wildman–Crippen LogP) is 6.43. The van der Waals surface area contributed by atoms with Crippen LogP contribution in [0.1, 0.15) is 54.4 Å². The average Bonchev–Trinajstić information content (AvgIpc) is 4.04. The Labute approximate surface area is 310 Å². The second kappa shape index (κ2) is 13.3. The van der Waals surface area contributed by atoms with E-state index in [1.54, 1.807) is 24.3 Å². The van der Waals surface area contributed by atoms with Crippen LogP contribution in [0.15, 0.2) is 169 Å². The number of aromatic nitrogens is 2. The van der Waals surface area contributed by atoms with Gasteiger partial charge in [-0.05, 0) is 82.9 Å². The molecule has 6 aromatic rings. The van der Waals surface area contributed by atoms with Gasteiger partial charge in [-0.1, -0.05) is 97.1 Å². The van der Waals surface area contributed by atoms with E-state index < -0.39 is 11.9 Å². The molecule has 0 aliphatic carbocycles.